The fourth-order valence-corrected chi connectivity index (χ4v) is 0.954. The van der Waals surface area contributed by atoms with Gasteiger partial charge in [-0.2, -0.15) is 4.79 Å². The van der Waals surface area contributed by atoms with Crippen molar-refractivity contribution in [3.8, 4) is 0 Å². The molecular formula is C9H11N3O. The van der Waals surface area contributed by atoms with Gasteiger partial charge in [0.1, 0.15) is 0 Å². The zero-order valence-electron chi connectivity index (χ0n) is 7.14. The molecule has 0 radical (unpaired) electrons. The van der Waals surface area contributed by atoms with Crippen LogP contribution in [-0.4, -0.2) is 29.3 Å². The summed E-state index contributed by atoms with van der Waals surface area (Å²) in [4.78, 5) is 2.91. The van der Waals surface area contributed by atoms with Crippen molar-refractivity contribution in [3.63, 3.8) is 0 Å². The van der Waals surface area contributed by atoms with Crippen molar-refractivity contribution in [3.05, 3.63) is 35.4 Å². The van der Waals surface area contributed by atoms with Gasteiger partial charge in [-0.25, -0.2) is 0 Å². The van der Waals surface area contributed by atoms with Crippen molar-refractivity contribution in [2.24, 2.45) is 0 Å². The first-order valence-corrected chi connectivity index (χ1v) is 3.99. The van der Waals surface area contributed by atoms with Gasteiger partial charge in [-0.15, -0.1) is 0 Å². The fourth-order valence-electron chi connectivity index (χ4n) is 0.954. The maximum Gasteiger partial charge on any atom is 0.287 e. The number of benzene rings is 1. The van der Waals surface area contributed by atoms with E-state index in [1.165, 1.54) is 6.21 Å². The summed E-state index contributed by atoms with van der Waals surface area (Å²) in [5, 5.41) is 11.6. The lowest BCUT2D eigenvalue weighted by Crippen LogP contribution is -2.05. The van der Waals surface area contributed by atoms with Crippen LogP contribution in [0.4, 0.5) is 5.69 Å². The molecule has 13 heavy (non-hydrogen) atoms. The van der Waals surface area contributed by atoms with E-state index in [9.17, 15) is 0 Å². The molecule has 0 aliphatic rings. The lowest BCUT2D eigenvalue weighted by molar-refractivity contribution is 0.00456. The number of hydrogen-bond acceptors (Lipinski definition) is 2. The highest BCUT2D eigenvalue weighted by Crippen LogP contribution is 2.06. The molecule has 1 rings (SSSR count). The summed E-state index contributed by atoms with van der Waals surface area (Å²) in [5.41, 5.74) is 10.0. The van der Waals surface area contributed by atoms with E-state index in [1.54, 1.807) is 0 Å². The molecule has 0 fully saturated rings. The van der Waals surface area contributed by atoms with Gasteiger partial charge >= 0.3 is 0 Å². The van der Waals surface area contributed by atoms with Crippen LogP contribution in [0.2, 0.25) is 0 Å². The molecule has 0 aliphatic carbocycles. The summed E-state index contributed by atoms with van der Waals surface area (Å²) in [7, 11) is 0. The van der Waals surface area contributed by atoms with Crippen LogP contribution in [0.1, 0.15) is 5.56 Å². The molecule has 1 aromatic rings. The number of aliphatic hydroxyl groups excluding tert-OH is 1. The quantitative estimate of drug-likeness (QED) is 0.404. The largest absolute Gasteiger partial charge is 0.395 e. The molecule has 1 aromatic carbocycles. The van der Waals surface area contributed by atoms with Crippen LogP contribution in [0, 0.1) is 0 Å². The Bertz CT molecular complexity index is 301. The third-order valence-electron chi connectivity index (χ3n) is 1.56. The summed E-state index contributed by atoms with van der Waals surface area (Å²) in [6.45, 7) is 0.646. The number of rotatable bonds is 4. The fraction of sp³-hybridized carbons (Fsp3) is 0.222. The zero-order valence-corrected chi connectivity index (χ0v) is 7.14. The average molecular weight is 177 g/mol. The molecule has 4 heteroatoms. The molecule has 2 N–H and O–H groups in total. The Morgan fingerprint density at radius 1 is 1.38 bits per heavy atom. The van der Waals surface area contributed by atoms with E-state index in [1.807, 2.05) is 24.3 Å². The Labute approximate surface area is 76.5 Å². The highest BCUT2D eigenvalue weighted by Gasteiger charge is 1.93. The Morgan fingerprint density at radius 2 is 2.08 bits per heavy atom. The van der Waals surface area contributed by atoms with E-state index in [4.69, 9.17) is 10.6 Å². The first-order chi connectivity index (χ1) is 6.36. The molecule has 0 aromatic heterocycles. The van der Waals surface area contributed by atoms with Gasteiger partial charge in [0.15, 0.2) is 0 Å². The highest BCUT2D eigenvalue weighted by atomic mass is 16.3. The number of anilines is 1. The van der Waals surface area contributed by atoms with Gasteiger partial charge in [0.25, 0.3) is 6.21 Å². The standard InChI is InChI=1S/C9H11N3O/c10-12-7-8-1-3-9(4-2-8)11-5-6-13/h1-4,7,11,13H,5-6H2. The molecule has 0 saturated heterocycles. The second-order valence-electron chi connectivity index (χ2n) is 2.52. The molecule has 0 spiro atoms. The Morgan fingerprint density at radius 3 is 2.62 bits per heavy atom. The van der Waals surface area contributed by atoms with Crippen LogP contribution in [0.3, 0.4) is 0 Å². The van der Waals surface area contributed by atoms with Crippen LogP contribution < -0.4 is 5.32 Å². The summed E-state index contributed by atoms with van der Waals surface area (Å²) in [6.07, 6.45) is 1.36. The van der Waals surface area contributed by atoms with Gasteiger partial charge in [-0.3, -0.25) is 0 Å². The van der Waals surface area contributed by atoms with Gasteiger partial charge in [-0.05, 0) is 24.3 Å². The van der Waals surface area contributed by atoms with Crippen molar-refractivity contribution >= 4 is 11.9 Å². The average Bonchev–Trinajstić information content (AvgIpc) is 2.17. The Kier molecular flexibility index (Phi) is 3.70. The lowest BCUT2D eigenvalue weighted by atomic mass is 10.2. The van der Waals surface area contributed by atoms with Gasteiger partial charge < -0.3 is 16.0 Å². The first-order valence-electron chi connectivity index (χ1n) is 3.99. The van der Waals surface area contributed by atoms with Crippen molar-refractivity contribution in [2.75, 3.05) is 18.5 Å². The molecule has 0 saturated carbocycles. The zero-order chi connectivity index (χ0) is 9.52. The van der Waals surface area contributed by atoms with E-state index < -0.39 is 0 Å². The monoisotopic (exact) mass is 177 g/mol. The number of nitrogens with one attached hydrogen (secondary N) is 1. The molecule has 4 nitrogen and oxygen atoms in total. The van der Waals surface area contributed by atoms with Crippen molar-refractivity contribution < 1.29 is 9.90 Å². The summed E-state index contributed by atoms with van der Waals surface area (Å²) >= 11 is 0. The number of hydrogen-bond donors (Lipinski definition) is 2. The maximum atomic E-state index is 8.55. The second-order valence-corrected chi connectivity index (χ2v) is 2.52. The van der Waals surface area contributed by atoms with E-state index >= 15 is 0 Å². The summed E-state index contributed by atoms with van der Waals surface area (Å²) in [5.74, 6) is 0. The molecule has 0 bridgehead atoms. The molecular weight excluding hydrogens is 166 g/mol. The van der Waals surface area contributed by atoms with Crippen LogP contribution in [0.15, 0.2) is 24.3 Å². The SMILES string of the molecule is [N-]=[N+]=Cc1ccc(NCCO)cc1. The van der Waals surface area contributed by atoms with E-state index in [0.717, 1.165) is 11.3 Å². The minimum Gasteiger partial charge on any atom is -0.395 e. The van der Waals surface area contributed by atoms with E-state index in [-0.39, 0.29) is 6.61 Å². The molecule has 68 valence electrons. The van der Waals surface area contributed by atoms with Crippen molar-refractivity contribution in [2.45, 2.75) is 0 Å². The normalized spacial score (nSPS) is 9.00. The number of aliphatic hydroxyl groups is 1. The third-order valence-corrected chi connectivity index (χ3v) is 1.56. The maximum absolute atomic E-state index is 8.55. The molecule has 0 amide bonds. The van der Waals surface area contributed by atoms with Gasteiger partial charge in [0, 0.05) is 12.2 Å². The molecule has 0 heterocycles. The van der Waals surface area contributed by atoms with Gasteiger partial charge in [-0.1, -0.05) is 0 Å². The van der Waals surface area contributed by atoms with Gasteiger partial charge in [0.05, 0.1) is 12.2 Å². The molecule has 0 atom stereocenters. The van der Waals surface area contributed by atoms with E-state index in [0.29, 0.717) is 6.54 Å². The predicted molar refractivity (Wildman–Crippen MR) is 50.8 cm³/mol. The van der Waals surface area contributed by atoms with Gasteiger partial charge in [0.2, 0.25) is 0 Å². The minimum absolute atomic E-state index is 0.111. The van der Waals surface area contributed by atoms with Crippen LogP contribution in [0.25, 0.3) is 5.53 Å². The predicted octanol–water partition coefficient (Wildman–Crippen LogP) is 0.739. The van der Waals surface area contributed by atoms with Crippen molar-refractivity contribution in [1.82, 2.24) is 0 Å². The lowest BCUT2D eigenvalue weighted by Gasteiger charge is -2.02. The van der Waals surface area contributed by atoms with Crippen LogP contribution in [0.5, 0.6) is 0 Å². The summed E-state index contributed by atoms with van der Waals surface area (Å²) < 4.78 is 0. The van der Waals surface area contributed by atoms with Crippen LogP contribution in [-0.2, 0) is 0 Å². The minimum atomic E-state index is 0.111. The highest BCUT2D eigenvalue weighted by molar-refractivity contribution is 5.75. The molecule has 0 unspecified atom stereocenters. The van der Waals surface area contributed by atoms with E-state index in [2.05, 4.69) is 10.1 Å². The second kappa shape index (κ2) is 5.09. The smallest absolute Gasteiger partial charge is 0.287 e. The number of nitrogens with zero attached hydrogens (tertiary/aromatic N) is 2. The first kappa shape index (κ1) is 9.45. The van der Waals surface area contributed by atoms with Crippen LogP contribution >= 0.6 is 0 Å². The Balaban J connectivity index is 2.63. The van der Waals surface area contributed by atoms with Crippen molar-refractivity contribution in [1.29, 1.82) is 0 Å². The third kappa shape index (κ3) is 3.07. The Hall–Kier alpha value is -1.64. The topological polar surface area (TPSA) is 68.7 Å². The molecule has 0 aliphatic heterocycles. The summed E-state index contributed by atoms with van der Waals surface area (Å²) in [6, 6.07) is 7.35.